The predicted octanol–water partition coefficient (Wildman–Crippen LogP) is 4.79. The standard InChI is InChI=1S/C14H14Br2N2OS/c1-14(2,3)11-7-20-12(18-11)5-10(19)13-9(16)4-8(15)6-17-13/h4,6-7H,5H2,1-3H3. The Morgan fingerprint density at radius 2 is 2.05 bits per heavy atom. The van der Waals surface area contributed by atoms with Crippen molar-refractivity contribution in [2.45, 2.75) is 32.6 Å². The Balaban J connectivity index is 2.17. The predicted molar refractivity (Wildman–Crippen MR) is 88.5 cm³/mol. The van der Waals surface area contributed by atoms with Gasteiger partial charge in [-0.05, 0) is 37.9 Å². The van der Waals surface area contributed by atoms with Gasteiger partial charge in [0.1, 0.15) is 10.7 Å². The first kappa shape index (κ1) is 15.8. The maximum atomic E-state index is 12.3. The molecule has 2 heterocycles. The van der Waals surface area contributed by atoms with Crippen molar-refractivity contribution in [3.8, 4) is 0 Å². The van der Waals surface area contributed by atoms with E-state index in [1.807, 2.05) is 11.4 Å². The molecule has 0 N–H and O–H groups in total. The Hall–Kier alpha value is -0.590. The first-order chi connectivity index (χ1) is 9.27. The normalized spacial score (nSPS) is 11.7. The number of thiazole rings is 1. The third-order valence-electron chi connectivity index (χ3n) is 2.70. The summed E-state index contributed by atoms with van der Waals surface area (Å²) in [5.41, 5.74) is 1.47. The number of Topliss-reactive ketones (excluding diaryl/α,β-unsaturated/α-hetero) is 1. The molecule has 0 spiro atoms. The number of halogens is 2. The Kier molecular flexibility index (Phi) is 4.76. The summed E-state index contributed by atoms with van der Waals surface area (Å²) in [6.45, 7) is 6.33. The molecule has 0 aliphatic heterocycles. The van der Waals surface area contributed by atoms with Crippen LogP contribution in [0.15, 0.2) is 26.6 Å². The van der Waals surface area contributed by atoms with Crippen molar-refractivity contribution < 1.29 is 4.79 Å². The fourth-order valence-corrected chi connectivity index (χ4v) is 3.81. The first-order valence-electron chi connectivity index (χ1n) is 6.06. The van der Waals surface area contributed by atoms with E-state index in [4.69, 9.17) is 0 Å². The quantitative estimate of drug-likeness (QED) is 0.674. The summed E-state index contributed by atoms with van der Waals surface area (Å²) < 4.78 is 1.54. The highest BCUT2D eigenvalue weighted by molar-refractivity contribution is 9.11. The molecule has 6 heteroatoms. The van der Waals surface area contributed by atoms with Gasteiger partial charge in [-0.3, -0.25) is 9.78 Å². The fourth-order valence-electron chi connectivity index (χ4n) is 1.58. The van der Waals surface area contributed by atoms with Crippen LogP contribution >= 0.6 is 43.2 Å². The highest BCUT2D eigenvalue weighted by Crippen LogP contribution is 2.25. The molecule has 106 valence electrons. The summed E-state index contributed by atoms with van der Waals surface area (Å²) in [5, 5.41) is 2.85. The van der Waals surface area contributed by atoms with Crippen molar-refractivity contribution in [2.75, 3.05) is 0 Å². The third-order valence-corrected chi connectivity index (χ3v) is 4.59. The van der Waals surface area contributed by atoms with Gasteiger partial charge in [0.2, 0.25) is 0 Å². The maximum Gasteiger partial charge on any atom is 0.189 e. The highest BCUT2D eigenvalue weighted by atomic mass is 79.9. The molecule has 0 unspecified atom stereocenters. The largest absolute Gasteiger partial charge is 0.292 e. The fraction of sp³-hybridized carbons (Fsp3) is 0.357. The molecular weight excluding hydrogens is 404 g/mol. The molecule has 0 fully saturated rings. The molecular formula is C14H14Br2N2OS. The minimum atomic E-state index is -0.0285. The summed E-state index contributed by atoms with van der Waals surface area (Å²) in [6, 6.07) is 1.82. The van der Waals surface area contributed by atoms with Gasteiger partial charge in [0.25, 0.3) is 0 Å². The minimum Gasteiger partial charge on any atom is -0.292 e. The lowest BCUT2D eigenvalue weighted by Crippen LogP contribution is -2.12. The van der Waals surface area contributed by atoms with Crippen molar-refractivity contribution in [2.24, 2.45) is 0 Å². The number of pyridine rings is 1. The Morgan fingerprint density at radius 3 is 2.60 bits per heavy atom. The molecule has 20 heavy (non-hydrogen) atoms. The lowest BCUT2D eigenvalue weighted by atomic mass is 9.93. The van der Waals surface area contributed by atoms with Crippen LogP contribution in [-0.2, 0) is 11.8 Å². The van der Waals surface area contributed by atoms with Gasteiger partial charge in [0, 0.05) is 25.9 Å². The van der Waals surface area contributed by atoms with Gasteiger partial charge >= 0.3 is 0 Å². The van der Waals surface area contributed by atoms with Crippen LogP contribution in [0.25, 0.3) is 0 Å². The van der Waals surface area contributed by atoms with E-state index < -0.39 is 0 Å². The molecule has 3 nitrogen and oxygen atoms in total. The van der Waals surface area contributed by atoms with Crippen LogP contribution in [0.1, 0.15) is 42.0 Å². The summed E-state index contributed by atoms with van der Waals surface area (Å²) >= 11 is 8.22. The van der Waals surface area contributed by atoms with E-state index in [1.165, 1.54) is 11.3 Å². The van der Waals surface area contributed by atoms with Crippen molar-refractivity contribution in [1.82, 2.24) is 9.97 Å². The molecule has 0 atom stereocenters. The van der Waals surface area contributed by atoms with E-state index in [1.54, 1.807) is 6.20 Å². The number of hydrogen-bond acceptors (Lipinski definition) is 4. The van der Waals surface area contributed by atoms with Gasteiger partial charge in [-0.25, -0.2) is 4.98 Å². The second kappa shape index (κ2) is 6.03. The van der Waals surface area contributed by atoms with Crippen molar-refractivity contribution in [3.63, 3.8) is 0 Å². The van der Waals surface area contributed by atoms with Gasteiger partial charge in [-0.1, -0.05) is 20.8 Å². The summed E-state index contributed by atoms with van der Waals surface area (Å²) in [5.74, 6) is -0.0285. The Morgan fingerprint density at radius 1 is 1.35 bits per heavy atom. The number of ketones is 1. The number of nitrogens with zero attached hydrogens (tertiary/aromatic N) is 2. The molecule has 2 rings (SSSR count). The van der Waals surface area contributed by atoms with Crippen molar-refractivity contribution in [3.05, 3.63) is 43.0 Å². The van der Waals surface area contributed by atoms with E-state index in [2.05, 4.69) is 62.6 Å². The Bertz CT molecular complexity index is 647. The lowest BCUT2D eigenvalue weighted by Gasteiger charge is -2.14. The van der Waals surface area contributed by atoms with E-state index in [0.29, 0.717) is 10.2 Å². The number of aromatic nitrogens is 2. The van der Waals surface area contributed by atoms with Crippen LogP contribution < -0.4 is 0 Å². The smallest absolute Gasteiger partial charge is 0.189 e. The van der Waals surface area contributed by atoms with Crippen LogP contribution in [0.5, 0.6) is 0 Å². The van der Waals surface area contributed by atoms with Crippen LogP contribution in [0.2, 0.25) is 0 Å². The second-order valence-electron chi connectivity index (χ2n) is 5.46. The maximum absolute atomic E-state index is 12.3. The topological polar surface area (TPSA) is 42.9 Å². The van der Waals surface area contributed by atoms with E-state index in [0.717, 1.165) is 15.2 Å². The molecule has 0 saturated carbocycles. The molecule has 0 amide bonds. The Labute approximate surface area is 139 Å². The SMILES string of the molecule is CC(C)(C)c1csc(CC(=O)c2ncc(Br)cc2Br)n1. The van der Waals surface area contributed by atoms with Crippen LogP contribution in [0.3, 0.4) is 0 Å². The molecule has 2 aromatic heterocycles. The monoisotopic (exact) mass is 416 g/mol. The van der Waals surface area contributed by atoms with E-state index in [-0.39, 0.29) is 17.6 Å². The van der Waals surface area contributed by atoms with Crippen LogP contribution in [-0.4, -0.2) is 15.8 Å². The van der Waals surface area contributed by atoms with Gasteiger partial charge in [0.15, 0.2) is 5.78 Å². The lowest BCUT2D eigenvalue weighted by molar-refractivity contribution is 0.0987. The van der Waals surface area contributed by atoms with Crippen LogP contribution in [0.4, 0.5) is 0 Å². The van der Waals surface area contributed by atoms with E-state index >= 15 is 0 Å². The average Bonchev–Trinajstić information content (AvgIpc) is 2.76. The zero-order valence-corrected chi connectivity index (χ0v) is 15.4. The zero-order chi connectivity index (χ0) is 14.9. The van der Waals surface area contributed by atoms with Gasteiger partial charge < -0.3 is 0 Å². The summed E-state index contributed by atoms with van der Waals surface area (Å²) in [6.07, 6.45) is 1.91. The van der Waals surface area contributed by atoms with Gasteiger partial charge in [0.05, 0.1) is 12.1 Å². The van der Waals surface area contributed by atoms with Gasteiger partial charge in [-0.2, -0.15) is 0 Å². The van der Waals surface area contributed by atoms with Crippen LogP contribution in [0, 0.1) is 0 Å². The van der Waals surface area contributed by atoms with E-state index in [9.17, 15) is 4.79 Å². The van der Waals surface area contributed by atoms with Crippen molar-refractivity contribution in [1.29, 1.82) is 0 Å². The highest BCUT2D eigenvalue weighted by Gasteiger charge is 2.20. The molecule has 0 aliphatic carbocycles. The number of carbonyl (C=O) groups excluding carboxylic acids is 1. The average molecular weight is 418 g/mol. The molecule has 0 aliphatic rings. The first-order valence-corrected chi connectivity index (χ1v) is 8.53. The number of rotatable bonds is 3. The zero-order valence-electron chi connectivity index (χ0n) is 11.4. The minimum absolute atomic E-state index is 0.00818. The molecule has 0 radical (unpaired) electrons. The second-order valence-corrected chi connectivity index (χ2v) is 8.17. The summed E-state index contributed by atoms with van der Waals surface area (Å²) in [4.78, 5) is 21.0. The summed E-state index contributed by atoms with van der Waals surface area (Å²) in [7, 11) is 0. The number of carbonyl (C=O) groups is 1. The molecule has 0 saturated heterocycles. The molecule has 0 bridgehead atoms. The van der Waals surface area contributed by atoms with Gasteiger partial charge in [-0.15, -0.1) is 11.3 Å². The number of hydrogen-bond donors (Lipinski definition) is 0. The third kappa shape index (κ3) is 3.74. The van der Waals surface area contributed by atoms with Crippen molar-refractivity contribution >= 4 is 49.0 Å². The molecule has 0 aromatic carbocycles. The molecule has 2 aromatic rings.